The molecule has 3 aromatic heterocycles. The first kappa shape index (κ1) is 15.9. The molecule has 0 aliphatic heterocycles. The van der Waals surface area contributed by atoms with Gasteiger partial charge in [0, 0.05) is 36.1 Å². The van der Waals surface area contributed by atoms with Gasteiger partial charge in [-0.1, -0.05) is 24.3 Å². The Kier molecular flexibility index (Phi) is 3.61. The van der Waals surface area contributed by atoms with Crippen molar-refractivity contribution in [2.45, 2.75) is 25.4 Å². The third kappa shape index (κ3) is 2.72. The summed E-state index contributed by atoms with van der Waals surface area (Å²) in [4.78, 5) is 17.7. The fourth-order valence-corrected chi connectivity index (χ4v) is 3.41. The topological polar surface area (TPSA) is 109 Å². The van der Waals surface area contributed by atoms with Crippen LogP contribution in [0.15, 0.2) is 48.9 Å². The molecule has 7 heteroatoms. The van der Waals surface area contributed by atoms with E-state index in [-0.39, 0.29) is 5.95 Å². The summed E-state index contributed by atoms with van der Waals surface area (Å²) in [5, 5.41) is 0. The van der Waals surface area contributed by atoms with E-state index in [2.05, 4.69) is 31.7 Å². The van der Waals surface area contributed by atoms with Crippen LogP contribution in [0.5, 0.6) is 0 Å². The number of aromatic nitrogens is 5. The quantitative estimate of drug-likeness (QED) is 0.581. The Bertz CT molecular complexity index is 1130. The van der Waals surface area contributed by atoms with Crippen LogP contribution in [0.2, 0.25) is 0 Å². The molecule has 1 aromatic carbocycles. The van der Waals surface area contributed by atoms with Gasteiger partial charge in [-0.2, -0.15) is 4.98 Å². The first-order valence-electron chi connectivity index (χ1n) is 8.99. The molecular formula is C20H19N7. The number of anilines is 1. The highest BCUT2D eigenvalue weighted by molar-refractivity contribution is 5.85. The number of fused-ring (bicyclic) bond motifs is 1. The zero-order chi connectivity index (χ0) is 18.4. The van der Waals surface area contributed by atoms with Crippen LogP contribution in [-0.2, 0) is 6.54 Å². The Morgan fingerprint density at radius 2 is 1.81 bits per heavy atom. The smallest absolute Gasteiger partial charge is 0.222 e. The predicted octanol–water partition coefficient (Wildman–Crippen LogP) is 2.93. The van der Waals surface area contributed by atoms with Gasteiger partial charge in [0.25, 0.3) is 0 Å². The van der Waals surface area contributed by atoms with Crippen molar-refractivity contribution in [1.29, 1.82) is 0 Å². The highest BCUT2D eigenvalue weighted by Crippen LogP contribution is 2.42. The normalized spacial score (nSPS) is 14.0. The number of hydrogen-bond donors (Lipinski definition) is 2. The summed E-state index contributed by atoms with van der Waals surface area (Å²) >= 11 is 0. The second kappa shape index (κ2) is 6.14. The van der Waals surface area contributed by atoms with Crippen LogP contribution in [0, 0.1) is 0 Å². The van der Waals surface area contributed by atoms with Crippen molar-refractivity contribution in [3.63, 3.8) is 0 Å². The molecule has 0 amide bonds. The van der Waals surface area contributed by atoms with Crippen molar-refractivity contribution < 1.29 is 0 Å². The summed E-state index contributed by atoms with van der Waals surface area (Å²) in [7, 11) is 0. The molecule has 7 nitrogen and oxygen atoms in total. The second-order valence-corrected chi connectivity index (χ2v) is 6.80. The molecule has 5 rings (SSSR count). The van der Waals surface area contributed by atoms with Crippen LogP contribution in [0.3, 0.4) is 0 Å². The van der Waals surface area contributed by atoms with Crippen LogP contribution in [0.1, 0.15) is 24.4 Å². The van der Waals surface area contributed by atoms with Gasteiger partial charge < -0.3 is 16.0 Å². The first-order valence-corrected chi connectivity index (χ1v) is 8.99. The van der Waals surface area contributed by atoms with Crippen LogP contribution >= 0.6 is 0 Å². The van der Waals surface area contributed by atoms with E-state index < -0.39 is 0 Å². The standard InChI is InChI=1S/C20H19N7/c21-9-12-1-3-13(4-2-12)16-10-23-8-7-15(16)18-25-17-11-24-20(22)26-19(17)27(18)14-5-6-14/h1-4,7-8,10-11,14H,5-6,9,21H2,(H2,22,24,26). The molecule has 0 atom stereocenters. The largest absolute Gasteiger partial charge is 0.368 e. The molecule has 4 aromatic rings. The molecule has 4 N–H and O–H groups in total. The number of nitrogens with two attached hydrogens (primary N) is 2. The lowest BCUT2D eigenvalue weighted by molar-refractivity contribution is 0.766. The molecule has 1 saturated carbocycles. The highest BCUT2D eigenvalue weighted by Gasteiger charge is 2.30. The van der Waals surface area contributed by atoms with Crippen LogP contribution < -0.4 is 11.5 Å². The lowest BCUT2D eigenvalue weighted by atomic mass is 10.0. The summed E-state index contributed by atoms with van der Waals surface area (Å²) in [6.45, 7) is 0.526. The van der Waals surface area contributed by atoms with Crippen LogP contribution in [0.4, 0.5) is 5.95 Å². The summed E-state index contributed by atoms with van der Waals surface area (Å²) in [6.07, 6.45) is 7.60. The fourth-order valence-electron chi connectivity index (χ4n) is 3.41. The SMILES string of the molecule is NCc1ccc(-c2cnccc2-c2nc3cnc(N)nc3n2C2CC2)cc1. The minimum Gasteiger partial charge on any atom is -0.368 e. The number of rotatable bonds is 4. The Hall–Kier alpha value is -3.32. The lowest BCUT2D eigenvalue weighted by Crippen LogP contribution is -2.02. The minimum absolute atomic E-state index is 0.267. The molecule has 0 bridgehead atoms. The van der Waals surface area contributed by atoms with Crippen LogP contribution in [0.25, 0.3) is 33.7 Å². The number of nitrogens with zero attached hydrogens (tertiary/aromatic N) is 5. The van der Waals surface area contributed by atoms with E-state index in [4.69, 9.17) is 16.5 Å². The highest BCUT2D eigenvalue weighted by atomic mass is 15.2. The van der Waals surface area contributed by atoms with Gasteiger partial charge in [-0.3, -0.25) is 4.98 Å². The molecular weight excluding hydrogens is 338 g/mol. The number of benzene rings is 1. The average Bonchev–Trinajstić information content (AvgIpc) is 3.48. The third-order valence-electron chi connectivity index (χ3n) is 4.93. The number of pyridine rings is 1. The van der Waals surface area contributed by atoms with Gasteiger partial charge >= 0.3 is 0 Å². The molecule has 1 aliphatic carbocycles. The molecule has 0 spiro atoms. The molecule has 1 fully saturated rings. The second-order valence-electron chi connectivity index (χ2n) is 6.80. The number of nitrogen functional groups attached to an aromatic ring is 1. The summed E-state index contributed by atoms with van der Waals surface area (Å²) in [5.41, 5.74) is 17.3. The average molecular weight is 357 g/mol. The number of imidazole rings is 1. The Morgan fingerprint density at radius 1 is 1.00 bits per heavy atom. The summed E-state index contributed by atoms with van der Waals surface area (Å²) in [5.74, 6) is 1.15. The maximum Gasteiger partial charge on any atom is 0.222 e. The fraction of sp³-hybridized carbons (Fsp3) is 0.200. The van der Waals surface area contributed by atoms with Crippen molar-refractivity contribution >= 4 is 17.1 Å². The summed E-state index contributed by atoms with van der Waals surface area (Å²) in [6, 6.07) is 10.6. The maximum atomic E-state index is 5.83. The Morgan fingerprint density at radius 3 is 2.56 bits per heavy atom. The Balaban J connectivity index is 1.72. The van der Waals surface area contributed by atoms with Crippen molar-refractivity contribution in [2.75, 3.05) is 5.73 Å². The number of hydrogen-bond acceptors (Lipinski definition) is 6. The van der Waals surface area contributed by atoms with Gasteiger partial charge in [-0.05, 0) is 30.0 Å². The van der Waals surface area contributed by atoms with Gasteiger partial charge in [-0.25, -0.2) is 9.97 Å². The van der Waals surface area contributed by atoms with E-state index in [1.54, 1.807) is 12.4 Å². The predicted molar refractivity (Wildman–Crippen MR) is 105 cm³/mol. The molecule has 134 valence electrons. The van der Waals surface area contributed by atoms with Gasteiger partial charge in [0.1, 0.15) is 11.3 Å². The molecule has 0 radical (unpaired) electrons. The third-order valence-corrected chi connectivity index (χ3v) is 4.93. The zero-order valence-electron chi connectivity index (χ0n) is 14.7. The monoisotopic (exact) mass is 357 g/mol. The summed E-state index contributed by atoms with van der Waals surface area (Å²) < 4.78 is 2.19. The zero-order valence-corrected chi connectivity index (χ0v) is 14.7. The lowest BCUT2D eigenvalue weighted by Gasteiger charge is -2.12. The minimum atomic E-state index is 0.267. The van der Waals surface area contributed by atoms with E-state index >= 15 is 0 Å². The van der Waals surface area contributed by atoms with E-state index in [0.717, 1.165) is 52.1 Å². The molecule has 3 heterocycles. The van der Waals surface area contributed by atoms with Gasteiger partial charge in [0.2, 0.25) is 5.95 Å². The van der Waals surface area contributed by atoms with E-state index in [0.29, 0.717) is 12.6 Å². The molecule has 0 saturated heterocycles. The first-order chi connectivity index (χ1) is 13.2. The maximum absolute atomic E-state index is 5.83. The molecule has 0 unspecified atom stereocenters. The van der Waals surface area contributed by atoms with Crippen molar-refractivity contribution in [3.05, 3.63) is 54.5 Å². The van der Waals surface area contributed by atoms with Gasteiger partial charge in [0.15, 0.2) is 5.65 Å². The van der Waals surface area contributed by atoms with Crippen molar-refractivity contribution in [3.8, 4) is 22.5 Å². The van der Waals surface area contributed by atoms with Crippen LogP contribution in [-0.4, -0.2) is 24.5 Å². The van der Waals surface area contributed by atoms with E-state index in [1.807, 2.05) is 24.4 Å². The molecule has 1 aliphatic rings. The van der Waals surface area contributed by atoms with E-state index in [9.17, 15) is 0 Å². The molecule has 27 heavy (non-hydrogen) atoms. The van der Waals surface area contributed by atoms with Gasteiger partial charge in [-0.15, -0.1) is 0 Å². The Labute approximate surface area is 156 Å². The van der Waals surface area contributed by atoms with Crippen molar-refractivity contribution in [2.24, 2.45) is 5.73 Å². The van der Waals surface area contributed by atoms with Crippen molar-refractivity contribution in [1.82, 2.24) is 24.5 Å². The van der Waals surface area contributed by atoms with Gasteiger partial charge in [0.05, 0.1) is 6.20 Å². The van der Waals surface area contributed by atoms with E-state index in [1.165, 1.54) is 0 Å².